The van der Waals surface area contributed by atoms with Crippen molar-refractivity contribution in [2.24, 2.45) is 0 Å². The summed E-state index contributed by atoms with van der Waals surface area (Å²) in [5.74, 6) is -2.65. The van der Waals surface area contributed by atoms with Gasteiger partial charge in [0.15, 0.2) is 11.6 Å². The van der Waals surface area contributed by atoms with Crippen molar-refractivity contribution >= 4 is 21.6 Å². The molecule has 3 aromatic rings. The Morgan fingerprint density at radius 1 is 0.912 bits per heavy atom. The van der Waals surface area contributed by atoms with Crippen LogP contribution in [0.15, 0.2) is 77.7 Å². The number of benzene rings is 3. The van der Waals surface area contributed by atoms with E-state index in [1.165, 1.54) is 24.3 Å². The van der Waals surface area contributed by atoms with Crippen molar-refractivity contribution in [2.75, 3.05) is 24.4 Å². The molecule has 1 unspecified atom stereocenters. The average molecular weight is 486 g/mol. The van der Waals surface area contributed by atoms with Crippen LogP contribution in [0.25, 0.3) is 0 Å². The van der Waals surface area contributed by atoms with E-state index < -0.39 is 26.6 Å². The van der Waals surface area contributed by atoms with E-state index in [1.807, 2.05) is 18.2 Å². The second kappa shape index (κ2) is 10.3. The highest BCUT2D eigenvalue weighted by molar-refractivity contribution is 7.92. The fourth-order valence-corrected chi connectivity index (χ4v) is 5.10. The van der Waals surface area contributed by atoms with Crippen molar-refractivity contribution in [2.45, 2.75) is 23.8 Å². The largest absolute Gasteiger partial charge is 0.350 e. The van der Waals surface area contributed by atoms with Crippen LogP contribution >= 0.6 is 0 Å². The minimum atomic E-state index is -4.11. The number of anilines is 1. The van der Waals surface area contributed by atoms with Crippen LogP contribution in [-0.4, -0.2) is 38.9 Å². The number of sulfonamides is 1. The number of carbonyl (C=O) groups excluding carboxylic acids is 1. The van der Waals surface area contributed by atoms with Gasteiger partial charge in [-0.1, -0.05) is 30.3 Å². The zero-order chi connectivity index (χ0) is 24.1. The molecule has 2 N–H and O–H groups in total. The summed E-state index contributed by atoms with van der Waals surface area (Å²) in [6.45, 7) is 2.43. The molecule has 4 rings (SSSR count). The number of hydrogen-bond acceptors (Lipinski definition) is 4. The smallest absolute Gasteiger partial charge is 0.261 e. The van der Waals surface area contributed by atoms with Gasteiger partial charge in [0.2, 0.25) is 0 Å². The van der Waals surface area contributed by atoms with Gasteiger partial charge < -0.3 is 5.32 Å². The summed E-state index contributed by atoms with van der Waals surface area (Å²) in [5, 5.41) is 2.98. The number of nitrogens with zero attached hydrogens (tertiary/aromatic N) is 1. The molecule has 34 heavy (non-hydrogen) atoms. The minimum Gasteiger partial charge on any atom is -0.350 e. The van der Waals surface area contributed by atoms with Crippen LogP contribution in [0.5, 0.6) is 0 Å². The molecule has 1 atom stereocenters. The Morgan fingerprint density at radius 2 is 1.59 bits per heavy atom. The first-order valence-electron chi connectivity index (χ1n) is 11.0. The zero-order valence-corrected chi connectivity index (χ0v) is 19.2. The molecule has 0 saturated carbocycles. The summed E-state index contributed by atoms with van der Waals surface area (Å²) in [6.07, 6.45) is 2.28. The summed E-state index contributed by atoms with van der Waals surface area (Å²) in [6, 6.07) is 18.4. The van der Waals surface area contributed by atoms with Crippen LogP contribution in [0, 0.1) is 11.6 Å². The van der Waals surface area contributed by atoms with Crippen LogP contribution in [0.3, 0.4) is 0 Å². The molecule has 1 heterocycles. The van der Waals surface area contributed by atoms with Crippen molar-refractivity contribution in [3.05, 3.63) is 95.6 Å². The molecule has 178 valence electrons. The van der Waals surface area contributed by atoms with Gasteiger partial charge in [-0.15, -0.1) is 0 Å². The molecule has 1 saturated heterocycles. The lowest BCUT2D eigenvalue weighted by Crippen LogP contribution is -2.36. The Balaban J connectivity index is 1.41. The van der Waals surface area contributed by atoms with Crippen LogP contribution < -0.4 is 10.0 Å². The summed E-state index contributed by atoms with van der Waals surface area (Å²) in [5.41, 5.74) is 1.72. The molecule has 1 aliphatic heterocycles. The fraction of sp³-hybridized carbons (Fsp3) is 0.240. The normalized spacial score (nSPS) is 15.1. The molecule has 0 bridgehead atoms. The van der Waals surface area contributed by atoms with Gasteiger partial charge in [-0.25, -0.2) is 17.2 Å². The number of halogens is 2. The van der Waals surface area contributed by atoms with Crippen LogP contribution in [0.4, 0.5) is 14.5 Å². The highest BCUT2D eigenvalue weighted by Crippen LogP contribution is 2.25. The molecule has 0 spiro atoms. The Bertz CT molecular complexity index is 1250. The van der Waals surface area contributed by atoms with Gasteiger partial charge in [0.1, 0.15) is 0 Å². The average Bonchev–Trinajstić information content (AvgIpc) is 3.36. The van der Waals surface area contributed by atoms with Gasteiger partial charge in [-0.3, -0.25) is 14.4 Å². The lowest BCUT2D eigenvalue weighted by Gasteiger charge is -2.28. The van der Waals surface area contributed by atoms with E-state index in [0.717, 1.165) is 43.6 Å². The van der Waals surface area contributed by atoms with Gasteiger partial charge in [0.05, 0.1) is 10.9 Å². The number of carbonyl (C=O) groups is 1. The first-order valence-corrected chi connectivity index (χ1v) is 12.5. The summed E-state index contributed by atoms with van der Waals surface area (Å²) in [4.78, 5) is 14.7. The van der Waals surface area contributed by atoms with Gasteiger partial charge >= 0.3 is 0 Å². The van der Waals surface area contributed by atoms with Crippen molar-refractivity contribution < 1.29 is 22.0 Å². The Kier molecular flexibility index (Phi) is 7.23. The first kappa shape index (κ1) is 23.8. The number of rotatable bonds is 8. The summed E-state index contributed by atoms with van der Waals surface area (Å²) in [7, 11) is -4.11. The highest BCUT2D eigenvalue weighted by Gasteiger charge is 2.24. The third-order valence-electron chi connectivity index (χ3n) is 5.82. The molecule has 0 aromatic heterocycles. The molecule has 3 aromatic carbocycles. The third-order valence-corrected chi connectivity index (χ3v) is 7.20. The summed E-state index contributed by atoms with van der Waals surface area (Å²) >= 11 is 0. The number of likely N-dealkylation sites (tertiary alicyclic amines) is 1. The highest BCUT2D eigenvalue weighted by atomic mass is 32.2. The molecule has 1 fully saturated rings. The van der Waals surface area contributed by atoms with Crippen LogP contribution in [-0.2, 0) is 10.0 Å². The van der Waals surface area contributed by atoms with E-state index >= 15 is 0 Å². The Morgan fingerprint density at radius 3 is 2.24 bits per heavy atom. The van der Waals surface area contributed by atoms with E-state index in [0.29, 0.717) is 18.2 Å². The predicted molar refractivity (Wildman–Crippen MR) is 126 cm³/mol. The third kappa shape index (κ3) is 5.60. The van der Waals surface area contributed by atoms with E-state index in [2.05, 4.69) is 27.1 Å². The van der Waals surface area contributed by atoms with Crippen LogP contribution in [0.2, 0.25) is 0 Å². The fourth-order valence-electron chi connectivity index (χ4n) is 4.03. The first-order chi connectivity index (χ1) is 16.3. The molecule has 0 radical (unpaired) electrons. The molecule has 9 heteroatoms. The maximum atomic E-state index is 13.4. The van der Waals surface area contributed by atoms with Crippen molar-refractivity contribution in [3.8, 4) is 0 Å². The monoisotopic (exact) mass is 485 g/mol. The minimum absolute atomic E-state index is 0.0786. The zero-order valence-electron chi connectivity index (χ0n) is 18.4. The maximum Gasteiger partial charge on any atom is 0.261 e. The molecule has 6 nitrogen and oxygen atoms in total. The second-order valence-corrected chi connectivity index (χ2v) is 9.82. The standard InChI is InChI=1S/C25H25F2N3O3S/c26-22-13-12-21(16-23(22)27)34(32,33)29-20-10-8-19(9-11-20)25(31)28-17-24(30-14-4-5-15-30)18-6-2-1-3-7-18/h1-3,6-13,16,24,29H,4-5,14-15,17H2,(H,28,31). The van der Waals surface area contributed by atoms with E-state index in [-0.39, 0.29) is 17.6 Å². The van der Waals surface area contributed by atoms with E-state index in [9.17, 15) is 22.0 Å². The van der Waals surface area contributed by atoms with E-state index in [4.69, 9.17) is 0 Å². The molecule has 0 aliphatic carbocycles. The number of amides is 1. The van der Waals surface area contributed by atoms with Gasteiger partial charge in [-0.05, 0) is 74.0 Å². The quantitative estimate of drug-likeness (QED) is 0.498. The van der Waals surface area contributed by atoms with Gasteiger partial charge in [-0.2, -0.15) is 0 Å². The lowest BCUT2D eigenvalue weighted by molar-refractivity contribution is 0.0938. The topological polar surface area (TPSA) is 78.5 Å². The molecular formula is C25H25F2N3O3S. The van der Waals surface area contributed by atoms with Crippen molar-refractivity contribution in [1.82, 2.24) is 10.2 Å². The summed E-state index contributed by atoms with van der Waals surface area (Å²) < 4.78 is 53.7. The molecular weight excluding hydrogens is 460 g/mol. The lowest BCUT2D eigenvalue weighted by atomic mass is 10.1. The molecule has 1 amide bonds. The van der Waals surface area contributed by atoms with E-state index in [1.54, 1.807) is 0 Å². The predicted octanol–water partition coefficient (Wildman–Crippen LogP) is 4.33. The molecule has 1 aliphatic rings. The Labute approximate surface area is 197 Å². The van der Waals surface area contributed by atoms with Crippen LogP contribution in [0.1, 0.15) is 34.8 Å². The SMILES string of the molecule is O=C(NCC(c1ccccc1)N1CCCC1)c1ccc(NS(=O)(=O)c2ccc(F)c(F)c2)cc1. The van der Waals surface area contributed by atoms with Gasteiger partial charge in [0.25, 0.3) is 15.9 Å². The second-order valence-electron chi connectivity index (χ2n) is 8.14. The number of hydrogen-bond donors (Lipinski definition) is 2. The van der Waals surface area contributed by atoms with Gasteiger partial charge in [0, 0.05) is 17.8 Å². The van der Waals surface area contributed by atoms with Crippen molar-refractivity contribution in [1.29, 1.82) is 0 Å². The maximum absolute atomic E-state index is 13.4. The van der Waals surface area contributed by atoms with Crippen molar-refractivity contribution in [3.63, 3.8) is 0 Å². The Hall–Kier alpha value is -3.30. The number of nitrogens with one attached hydrogen (secondary N) is 2.